The maximum atomic E-state index is 12.9. The first kappa shape index (κ1) is 17.2. The van der Waals surface area contributed by atoms with Crippen LogP contribution in [-0.2, 0) is 7.05 Å². The summed E-state index contributed by atoms with van der Waals surface area (Å²) in [5.74, 6) is -0.0504. The molecular weight excluding hydrogens is 342 g/mol. The number of imidazole rings is 1. The Morgan fingerprint density at radius 1 is 0.963 bits per heavy atom. The molecule has 138 valence electrons. The van der Waals surface area contributed by atoms with E-state index >= 15 is 0 Å². The number of carbonyl (C=O) groups excluding carboxylic acids is 2. The van der Waals surface area contributed by atoms with E-state index < -0.39 is 0 Å². The van der Waals surface area contributed by atoms with E-state index in [4.69, 9.17) is 0 Å². The smallest absolute Gasteiger partial charge is 0.255 e. The van der Waals surface area contributed by atoms with E-state index in [9.17, 15) is 9.59 Å². The van der Waals surface area contributed by atoms with E-state index in [0.717, 1.165) is 17.5 Å². The minimum atomic E-state index is -0.0349. The molecular formula is C20H21N5O2. The number of rotatable bonds is 2. The van der Waals surface area contributed by atoms with Gasteiger partial charge in [0.1, 0.15) is 0 Å². The molecule has 2 aromatic heterocycles. The van der Waals surface area contributed by atoms with Crippen molar-refractivity contribution < 1.29 is 9.59 Å². The Labute approximate surface area is 157 Å². The van der Waals surface area contributed by atoms with Crippen LogP contribution in [0.2, 0.25) is 0 Å². The van der Waals surface area contributed by atoms with Crippen molar-refractivity contribution in [2.45, 2.75) is 6.42 Å². The molecule has 3 aromatic rings. The summed E-state index contributed by atoms with van der Waals surface area (Å²) in [6, 6.07) is 9.13. The average molecular weight is 363 g/mol. The van der Waals surface area contributed by atoms with Gasteiger partial charge in [0.05, 0.1) is 22.9 Å². The van der Waals surface area contributed by atoms with E-state index in [-0.39, 0.29) is 11.8 Å². The first-order chi connectivity index (χ1) is 13.1. The van der Waals surface area contributed by atoms with Crippen molar-refractivity contribution >= 4 is 22.8 Å². The Morgan fingerprint density at radius 2 is 1.70 bits per heavy atom. The first-order valence-corrected chi connectivity index (χ1v) is 9.03. The normalized spacial score (nSPS) is 15.0. The lowest BCUT2D eigenvalue weighted by Crippen LogP contribution is -2.37. The third-order valence-corrected chi connectivity index (χ3v) is 4.95. The van der Waals surface area contributed by atoms with Crippen molar-refractivity contribution in [1.82, 2.24) is 24.3 Å². The highest BCUT2D eigenvalue weighted by Gasteiger charge is 2.24. The molecule has 4 rings (SSSR count). The molecule has 0 aliphatic carbocycles. The van der Waals surface area contributed by atoms with Gasteiger partial charge in [-0.15, -0.1) is 0 Å². The highest BCUT2D eigenvalue weighted by molar-refractivity contribution is 5.97. The third kappa shape index (κ3) is 3.40. The molecule has 1 aliphatic rings. The van der Waals surface area contributed by atoms with E-state index in [1.165, 1.54) is 0 Å². The number of carbonyl (C=O) groups is 2. The maximum Gasteiger partial charge on any atom is 0.255 e. The van der Waals surface area contributed by atoms with Gasteiger partial charge in [-0.3, -0.25) is 14.6 Å². The summed E-state index contributed by atoms with van der Waals surface area (Å²) in [6.45, 7) is 2.31. The van der Waals surface area contributed by atoms with Crippen molar-refractivity contribution in [3.63, 3.8) is 0 Å². The van der Waals surface area contributed by atoms with Crippen LogP contribution in [0.4, 0.5) is 0 Å². The van der Waals surface area contributed by atoms with Crippen LogP contribution in [0.3, 0.4) is 0 Å². The van der Waals surface area contributed by atoms with Crippen LogP contribution in [0, 0.1) is 0 Å². The second-order valence-electron chi connectivity index (χ2n) is 6.74. The van der Waals surface area contributed by atoms with Gasteiger partial charge in [-0.25, -0.2) is 4.98 Å². The number of nitrogens with zero attached hydrogens (tertiary/aromatic N) is 5. The molecule has 1 aliphatic heterocycles. The van der Waals surface area contributed by atoms with Gasteiger partial charge in [0, 0.05) is 51.2 Å². The van der Waals surface area contributed by atoms with Crippen LogP contribution < -0.4 is 0 Å². The Balaban J connectivity index is 1.47. The molecule has 1 aromatic carbocycles. The van der Waals surface area contributed by atoms with Gasteiger partial charge in [-0.2, -0.15) is 0 Å². The van der Waals surface area contributed by atoms with Gasteiger partial charge < -0.3 is 14.4 Å². The average Bonchev–Trinajstić information content (AvgIpc) is 2.92. The van der Waals surface area contributed by atoms with E-state index in [2.05, 4.69) is 9.97 Å². The summed E-state index contributed by atoms with van der Waals surface area (Å²) in [4.78, 5) is 37.5. The third-order valence-electron chi connectivity index (χ3n) is 4.95. The minimum absolute atomic E-state index is 0.0155. The lowest BCUT2D eigenvalue weighted by atomic mass is 10.1. The number of aryl methyl sites for hydroxylation is 1. The van der Waals surface area contributed by atoms with Gasteiger partial charge in [0.2, 0.25) is 0 Å². The molecule has 0 atom stereocenters. The molecule has 7 nitrogen and oxygen atoms in total. The van der Waals surface area contributed by atoms with Crippen molar-refractivity contribution in [1.29, 1.82) is 0 Å². The predicted molar refractivity (Wildman–Crippen MR) is 101 cm³/mol. The van der Waals surface area contributed by atoms with E-state index in [1.54, 1.807) is 35.8 Å². The van der Waals surface area contributed by atoms with Crippen LogP contribution in [-0.4, -0.2) is 62.3 Å². The quantitative estimate of drug-likeness (QED) is 0.698. The number of fused-ring (bicyclic) bond motifs is 1. The molecule has 0 unspecified atom stereocenters. The molecule has 1 saturated heterocycles. The fraction of sp³-hybridized carbons (Fsp3) is 0.300. The van der Waals surface area contributed by atoms with Crippen LogP contribution in [0.25, 0.3) is 11.0 Å². The second-order valence-corrected chi connectivity index (χ2v) is 6.74. The number of hydrogen-bond donors (Lipinski definition) is 0. The zero-order chi connectivity index (χ0) is 18.8. The number of pyridine rings is 1. The van der Waals surface area contributed by atoms with Gasteiger partial charge >= 0.3 is 0 Å². The molecule has 27 heavy (non-hydrogen) atoms. The zero-order valence-corrected chi connectivity index (χ0v) is 15.2. The fourth-order valence-corrected chi connectivity index (χ4v) is 3.45. The number of hydrogen-bond acceptors (Lipinski definition) is 4. The summed E-state index contributed by atoms with van der Waals surface area (Å²) in [5, 5.41) is 0. The molecule has 2 amide bonds. The highest BCUT2D eigenvalue weighted by Crippen LogP contribution is 2.17. The van der Waals surface area contributed by atoms with E-state index in [0.29, 0.717) is 37.3 Å². The monoisotopic (exact) mass is 363 g/mol. The van der Waals surface area contributed by atoms with Crippen molar-refractivity contribution in [3.8, 4) is 0 Å². The van der Waals surface area contributed by atoms with Crippen LogP contribution in [0.1, 0.15) is 27.1 Å². The van der Waals surface area contributed by atoms with Gasteiger partial charge in [0.15, 0.2) is 0 Å². The predicted octanol–water partition coefficient (Wildman–Crippen LogP) is 1.96. The fourth-order valence-electron chi connectivity index (χ4n) is 3.45. The summed E-state index contributed by atoms with van der Waals surface area (Å²) in [5.41, 5.74) is 3.02. The van der Waals surface area contributed by atoms with Gasteiger partial charge in [0.25, 0.3) is 11.8 Å². The Kier molecular flexibility index (Phi) is 4.58. The minimum Gasteiger partial charge on any atom is -0.337 e. The Bertz CT molecular complexity index is 982. The molecule has 1 fully saturated rings. The van der Waals surface area contributed by atoms with Gasteiger partial charge in [-0.05, 0) is 36.8 Å². The van der Waals surface area contributed by atoms with Crippen molar-refractivity contribution in [2.75, 3.05) is 26.2 Å². The first-order valence-electron chi connectivity index (χ1n) is 9.03. The molecule has 0 N–H and O–H groups in total. The maximum absolute atomic E-state index is 12.9. The second kappa shape index (κ2) is 7.19. The number of aromatic nitrogens is 3. The molecule has 0 radical (unpaired) electrons. The van der Waals surface area contributed by atoms with Gasteiger partial charge in [-0.1, -0.05) is 0 Å². The summed E-state index contributed by atoms with van der Waals surface area (Å²) in [7, 11) is 1.93. The van der Waals surface area contributed by atoms with E-state index in [1.807, 2.05) is 34.7 Å². The lowest BCUT2D eigenvalue weighted by molar-refractivity contribution is 0.0718. The molecule has 3 heterocycles. The topological polar surface area (TPSA) is 71.3 Å². The zero-order valence-electron chi connectivity index (χ0n) is 15.2. The van der Waals surface area contributed by atoms with Crippen LogP contribution >= 0.6 is 0 Å². The summed E-state index contributed by atoms with van der Waals surface area (Å²) < 4.78 is 1.93. The number of amides is 2. The standard InChI is InChI=1S/C20H21N5O2/c1-23-14-22-17-12-15(5-6-18(17)23)19(26)24-8-3-9-25(11-10-24)20(27)16-4-2-7-21-13-16/h2,4-7,12-14H,3,8-11H2,1H3. The summed E-state index contributed by atoms with van der Waals surface area (Å²) >= 11 is 0. The van der Waals surface area contributed by atoms with Crippen molar-refractivity contribution in [3.05, 3.63) is 60.2 Å². The molecule has 0 bridgehead atoms. The van der Waals surface area contributed by atoms with Crippen LogP contribution in [0.5, 0.6) is 0 Å². The molecule has 0 spiro atoms. The van der Waals surface area contributed by atoms with Crippen molar-refractivity contribution in [2.24, 2.45) is 7.05 Å². The molecule has 0 saturated carbocycles. The number of benzene rings is 1. The Morgan fingerprint density at radius 3 is 2.41 bits per heavy atom. The largest absolute Gasteiger partial charge is 0.337 e. The summed E-state index contributed by atoms with van der Waals surface area (Å²) in [6.07, 6.45) is 5.73. The highest BCUT2D eigenvalue weighted by atomic mass is 16.2. The SMILES string of the molecule is Cn1cnc2cc(C(=O)N3CCCN(C(=O)c4cccnc4)CC3)ccc21. The Hall–Kier alpha value is -3.22. The van der Waals surface area contributed by atoms with Crippen LogP contribution in [0.15, 0.2) is 49.1 Å². The lowest BCUT2D eigenvalue weighted by Gasteiger charge is -2.22. The molecule has 7 heteroatoms.